The average Bonchev–Trinajstić information content (AvgIpc) is 2.30. The lowest BCUT2D eigenvalue weighted by Crippen LogP contribution is -1.97. The van der Waals surface area contributed by atoms with Gasteiger partial charge in [0.2, 0.25) is 5.88 Å². The Kier molecular flexibility index (Phi) is 4.27. The number of nitrogens with zero attached hydrogens (tertiary/aromatic N) is 2. The Morgan fingerprint density at radius 3 is 2.44 bits per heavy atom. The Bertz CT molecular complexity index is 560. The van der Waals surface area contributed by atoms with E-state index in [4.69, 9.17) is 27.9 Å². The number of halogens is 3. The van der Waals surface area contributed by atoms with Gasteiger partial charge in [0.05, 0.1) is 0 Å². The molecule has 1 aromatic carbocycles. The van der Waals surface area contributed by atoms with Gasteiger partial charge in [0.1, 0.15) is 22.4 Å². The number of hydrogen-bond donors (Lipinski definition) is 1. The molecular weight excluding hydrogens is 341 g/mol. The molecule has 2 rings (SSSR count). The van der Waals surface area contributed by atoms with Crippen LogP contribution in [0.3, 0.4) is 0 Å². The number of nitrogens with one attached hydrogen (secondary N) is 1. The molecule has 0 aliphatic rings. The third-order valence-corrected chi connectivity index (χ3v) is 3.20. The van der Waals surface area contributed by atoms with Crippen LogP contribution in [0.25, 0.3) is 0 Å². The molecule has 94 valence electrons. The SMILES string of the molecule is CNc1ncnc(Oc2cc(Cl)cc(Cl)c2)c1Br. The van der Waals surface area contributed by atoms with Crippen LogP contribution in [0.4, 0.5) is 5.82 Å². The van der Waals surface area contributed by atoms with E-state index >= 15 is 0 Å². The Morgan fingerprint density at radius 2 is 1.83 bits per heavy atom. The first-order chi connectivity index (χ1) is 8.60. The zero-order valence-electron chi connectivity index (χ0n) is 9.25. The highest BCUT2D eigenvalue weighted by molar-refractivity contribution is 9.10. The molecule has 0 aliphatic heterocycles. The van der Waals surface area contributed by atoms with Crippen LogP contribution < -0.4 is 10.1 Å². The number of anilines is 1. The first kappa shape index (κ1) is 13.4. The third kappa shape index (κ3) is 3.04. The van der Waals surface area contributed by atoms with Gasteiger partial charge in [-0.2, -0.15) is 0 Å². The van der Waals surface area contributed by atoms with Gasteiger partial charge in [-0.05, 0) is 34.1 Å². The fourth-order valence-electron chi connectivity index (χ4n) is 1.30. The highest BCUT2D eigenvalue weighted by atomic mass is 79.9. The van der Waals surface area contributed by atoms with E-state index in [1.165, 1.54) is 6.33 Å². The van der Waals surface area contributed by atoms with Crippen molar-refractivity contribution in [3.8, 4) is 11.6 Å². The minimum Gasteiger partial charge on any atom is -0.438 e. The van der Waals surface area contributed by atoms with Crippen LogP contribution >= 0.6 is 39.1 Å². The fourth-order valence-corrected chi connectivity index (χ4v) is 2.29. The number of hydrogen-bond acceptors (Lipinski definition) is 4. The first-order valence-corrected chi connectivity index (χ1v) is 6.47. The second kappa shape index (κ2) is 5.73. The predicted molar refractivity (Wildman–Crippen MR) is 75.8 cm³/mol. The van der Waals surface area contributed by atoms with E-state index in [9.17, 15) is 0 Å². The maximum Gasteiger partial charge on any atom is 0.238 e. The van der Waals surface area contributed by atoms with E-state index < -0.39 is 0 Å². The second-order valence-corrected chi connectivity index (χ2v) is 4.96. The van der Waals surface area contributed by atoms with Gasteiger partial charge >= 0.3 is 0 Å². The number of ether oxygens (including phenoxy) is 1. The maximum absolute atomic E-state index is 5.89. The topological polar surface area (TPSA) is 47.0 Å². The van der Waals surface area contributed by atoms with Crippen molar-refractivity contribution in [2.75, 3.05) is 12.4 Å². The Balaban J connectivity index is 2.34. The van der Waals surface area contributed by atoms with E-state index in [0.717, 1.165) is 0 Å². The minimum atomic E-state index is 0.382. The monoisotopic (exact) mass is 347 g/mol. The second-order valence-electron chi connectivity index (χ2n) is 3.30. The van der Waals surface area contributed by atoms with Crippen LogP contribution in [0.5, 0.6) is 11.6 Å². The van der Waals surface area contributed by atoms with Crippen molar-refractivity contribution in [3.63, 3.8) is 0 Å². The fraction of sp³-hybridized carbons (Fsp3) is 0.0909. The molecule has 0 atom stereocenters. The standard InChI is InChI=1S/C11H8BrCl2N3O/c1-15-10-9(12)11(17-5-16-10)18-8-3-6(13)2-7(14)4-8/h2-5H,1H3,(H,15,16,17). The van der Waals surface area contributed by atoms with E-state index in [2.05, 4.69) is 31.2 Å². The number of benzene rings is 1. The van der Waals surface area contributed by atoms with Crippen LogP contribution in [0.1, 0.15) is 0 Å². The van der Waals surface area contributed by atoms with Crippen molar-refractivity contribution in [1.82, 2.24) is 9.97 Å². The molecule has 0 saturated heterocycles. The molecule has 1 heterocycles. The van der Waals surface area contributed by atoms with Crippen LogP contribution in [-0.4, -0.2) is 17.0 Å². The first-order valence-electron chi connectivity index (χ1n) is 4.92. The summed E-state index contributed by atoms with van der Waals surface area (Å²) in [6.45, 7) is 0. The Hall–Kier alpha value is -1.04. The molecule has 0 saturated carbocycles. The van der Waals surface area contributed by atoms with E-state index in [-0.39, 0.29) is 0 Å². The molecule has 0 radical (unpaired) electrons. The predicted octanol–water partition coefficient (Wildman–Crippen LogP) is 4.38. The Labute approximate surface area is 122 Å². The van der Waals surface area contributed by atoms with Crippen molar-refractivity contribution >= 4 is 44.9 Å². The molecule has 0 aliphatic carbocycles. The van der Waals surface area contributed by atoms with Crippen molar-refractivity contribution in [2.45, 2.75) is 0 Å². The van der Waals surface area contributed by atoms with Gasteiger partial charge in [-0.1, -0.05) is 23.2 Å². The summed E-state index contributed by atoms with van der Waals surface area (Å²) in [4.78, 5) is 8.07. The summed E-state index contributed by atoms with van der Waals surface area (Å²) < 4.78 is 6.23. The average molecular weight is 349 g/mol. The summed E-state index contributed by atoms with van der Waals surface area (Å²) in [5, 5.41) is 3.91. The smallest absolute Gasteiger partial charge is 0.238 e. The van der Waals surface area contributed by atoms with Gasteiger partial charge in [0.15, 0.2) is 0 Å². The van der Waals surface area contributed by atoms with E-state index in [1.54, 1.807) is 25.2 Å². The Morgan fingerprint density at radius 1 is 1.17 bits per heavy atom. The van der Waals surface area contributed by atoms with Gasteiger partial charge < -0.3 is 10.1 Å². The normalized spacial score (nSPS) is 10.2. The van der Waals surface area contributed by atoms with Crippen LogP contribution in [0.2, 0.25) is 10.0 Å². The van der Waals surface area contributed by atoms with Crippen LogP contribution in [0.15, 0.2) is 29.0 Å². The number of rotatable bonds is 3. The van der Waals surface area contributed by atoms with Gasteiger partial charge in [-0.15, -0.1) is 0 Å². The van der Waals surface area contributed by atoms with Gasteiger partial charge in [-0.3, -0.25) is 0 Å². The highest BCUT2D eigenvalue weighted by Crippen LogP contribution is 2.33. The third-order valence-electron chi connectivity index (χ3n) is 2.04. The molecule has 0 unspecified atom stereocenters. The molecule has 0 fully saturated rings. The molecule has 1 N–H and O–H groups in total. The quantitative estimate of drug-likeness (QED) is 0.894. The summed E-state index contributed by atoms with van der Waals surface area (Å²) in [5.41, 5.74) is 0. The lowest BCUT2D eigenvalue weighted by molar-refractivity contribution is 0.458. The van der Waals surface area contributed by atoms with Gasteiger partial charge in [-0.25, -0.2) is 9.97 Å². The largest absolute Gasteiger partial charge is 0.438 e. The van der Waals surface area contributed by atoms with E-state index in [0.29, 0.717) is 32.0 Å². The molecule has 1 aromatic heterocycles. The van der Waals surface area contributed by atoms with Crippen molar-refractivity contribution in [2.24, 2.45) is 0 Å². The molecule has 0 amide bonds. The zero-order valence-corrected chi connectivity index (χ0v) is 12.3. The summed E-state index contributed by atoms with van der Waals surface area (Å²) >= 11 is 15.1. The maximum atomic E-state index is 5.89. The van der Waals surface area contributed by atoms with Gasteiger partial charge in [0, 0.05) is 17.1 Å². The van der Waals surface area contributed by atoms with Crippen molar-refractivity contribution in [1.29, 1.82) is 0 Å². The lowest BCUT2D eigenvalue weighted by Gasteiger charge is -2.09. The summed E-state index contributed by atoms with van der Waals surface area (Å²) in [7, 11) is 1.76. The molecule has 0 spiro atoms. The number of aromatic nitrogens is 2. The molecule has 0 bridgehead atoms. The summed E-state index contributed by atoms with van der Waals surface area (Å²) in [5.74, 6) is 1.52. The van der Waals surface area contributed by atoms with E-state index in [1.807, 2.05) is 0 Å². The molecule has 2 aromatic rings. The van der Waals surface area contributed by atoms with Crippen molar-refractivity contribution < 1.29 is 4.74 Å². The molecular formula is C11H8BrCl2N3O. The van der Waals surface area contributed by atoms with Crippen LogP contribution in [0, 0.1) is 0 Å². The van der Waals surface area contributed by atoms with Crippen molar-refractivity contribution in [3.05, 3.63) is 39.0 Å². The minimum absolute atomic E-state index is 0.382. The zero-order chi connectivity index (χ0) is 13.1. The molecule has 4 nitrogen and oxygen atoms in total. The molecule has 18 heavy (non-hydrogen) atoms. The highest BCUT2D eigenvalue weighted by Gasteiger charge is 2.10. The summed E-state index contributed by atoms with van der Waals surface area (Å²) in [6, 6.07) is 4.94. The van der Waals surface area contributed by atoms with Gasteiger partial charge in [0.25, 0.3) is 0 Å². The van der Waals surface area contributed by atoms with Crippen LogP contribution in [-0.2, 0) is 0 Å². The summed E-state index contributed by atoms with van der Waals surface area (Å²) in [6.07, 6.45) is 1.40. The molecule has 7 heteroatoms. The lowest BCUT2D eigenvalue weighted by atomic mass is 10.3.